The van der Waals surface area contributed by atoms with Crippen molar-refractivity contribution in [2.45, 2.75) is 38.6 Å². The molecule has 174 valence electrons. The first-order chi connectivity index (χ1) is 16.6. The standard InChI is InChI=1S/C24H27N9O/c1-15-9-29-24(31-17-5-3-16(4-6-17)23(34)25-2)32-22(15)20-12-28-21-8-7-18(13-33(20)21)30-19-10-26-14-27-11-19/h7-14,16-17,30H,3-6H2,1-2H3,(H,25,34)(H,29,31,32)/t16-,17-. The van der Waals surface area contributed by atoms with E-state index in [0.717, 1.165) is 59.7 Å². The number of imidazole rings is 1. The molecule has 1 fully saturated rings. The van der Waals surface area contributed by atoms with Crippen LogP contribution in [0.1, 0.15) is 31.2 Å². The van der Waals surface area contributed by atoms with Gasteiger partial charge in [0, 0.05) is 31.4 Å². The zero-order valence-electron chi connectivity index (χ0n) is 19.2. The van der Waals surface area contributed by atoms with Gasteiger partial charge in [-0.2, -0.15) is 0 Å². The lowest BCUT2D eigenvalue weighted by molar-refractivity contribution is -0.125. The molecule has 4 heterocycles. The molecule has 0 atom stereocenters. The number of carbonyl (C=O) groups excluding carboxylic acids is 1. The molecule has 34 heavy (non-hydrogen) atoms. The molecule has 0 aromatic carbocycles. The van der Waals surface area contributed by atoms with Crippen LogP contribution in [0.4, 0.5) is 17.3 Å². The summed E-state index contributed by atoms with van der Waals surface area (Å²) in [6, 6.07) is 4.17. The van der Waals surface area contributed by atoms with Gasteiger partial charge in [-0.25, -0.2) is 24.9 Å². The quantitative estimate of drug-likeness (QED) is 0.403. The van der Waals surface area contributed by atoms with Crippen LogP contribution in [0.25, 0.3) is 17.0 Å². The number of nitrogens with zero attached hydrogens (tertiary/aromatic N) is 6. The smallest absolute Gasteiger partial charge is 0.223 e. The molecular weight excluding hydrogens is 430 g/mol. The number of hydrogen-bond donors (Lipinski definition) is 3. The number of aromatic nitrogens is 6. The van der Waals surface area contributed by atoms with E-state index in [1.807, 2.05) is 42.0 Å². The van der Waals surface area contributed by atoms with Crippen molar-refractivity contribution in [2.24, 2.45) is 5.92 Å². The fourth-order valence-electron chi connectivity index (χ4n) is 4.42. The van der Waals surface area contributed by atoms with Crippen molar-refractivity contribution in [2.75, 3.05) is 17.7 Å². The van der Waals surface area contributed by atoms with Gasteiger partial charge in [-0.1, -0.05) is 0 Å². The largest absolute Gasteiger partial charge is 0.359 e. The molecule has 4 aromatic heterocycles. The molecule has 0 bridgehead atoms. The van der Waals surface area contributed by atoms with Crippen LogP contribution >= 0.6 is 0 Å². The Kier molecular flexibility index (Phi) is 6.03. The third-order valence-corrected chi connectivity index (χ3v) is 6.25. The number of pyridine rings is 1. The molecule has 0 radical (unpaired) electrons. The first kappa shape index (κ1) is 21.7. The Labute approximate surface area is 197 Å². The number of nitrogens with one attached hydrogen (secondary N) is 3. The highest BCUT2D eigenvalue weighted by molar-refractivity contribution is 5.78. The fraction of sp³-hybridized carbons (Fsp3) is 0.333. The molecule has 1 aliphatic rings. The molecule has 1 amide bonds. The topological polar surface area (TPSA) is 122 Å². The van der Waals surface area contributed by atoms with Gasteiger partial charge in [0.1, 0.15) is 12.0 Å². The Balaban J connectivity index is 1.37. The van der Waals surface area contributed by atoms with Gasteiger partial charge in [0.05, 0.1) is 41.4 Å². The second kappa shape index (κ2) is 9.42. The number of rotatable bonds is 6. The first-order valence-electron chi connectivity index (χ1n) is 11.4. The molecule has 10 nitrogen and oxygen atoms in total. The van der Waals surface area contributed by atoms with E-state index in [0.29, 0.717) is 5.95 Å². The number of amides is 1. The van der Waals surface area contributed by atoms with Gasteiger partial charge in [-0.05, 0) is 50.3 Å². The van der Waals surface area contributed by atoms with E-state index in [9.17, 15) is 4.79 Å². The Morgan fingerprint density at radius 3 is 2.56 bits per heavy atom. The Bertz CT molecular complexity index is 1300. The SMILES string of the molecule is CNC(=O)[C@H]1CC[C@H](Nc2ncc(C)c(-c3cnc4ccc(Nc5cncnc5)cn34)n2)CC1. The van der Waals surface area contributed by atoms with Crippen LogP contribution in [0.5, 0.6) is 0 Å². The molecule has 5 rings (SSSR count). The molecule has 0 aliphatic heterocycles. The average molecular weight is 458 g/mol. The summed E-state index contributed by atoms with van der Waals surface area (Å²) in [5.41, 5.74) is 5.19. The summed E-state index contributed by atoms with van der Waals surface area (Å²) in [7, 11) is 1.70. The Morgan fingerprint density at radius 2 is 1.79 bits per heavy atom. The lowest BCUT2D eigenvalue weighted by Gasteiger charge is -2.28. The zero-order valence-corrected chi connectivity index (χ0v) is 19.2. The summed E-state index contributed by atoms with van der Waals surface area (Å²) in [6.07, 6.45) is 14.2. The number of anilines is 3. The minimum Gasteiger partial charge on any atom is -0.359 e. The molecule has 0 saturated heterocycles. The van der Waals surface area contributed by atoms with Crippen LogP contribution in [-0.4, -0.2) is 48.3 Å². The summed E-state index contributed by atoms with van der Waals surface area (Å²) >= 11 is 0. The lowest BCUT2D eigenvalue weighted by atomic mass is 9.85. The molecule has 0 unspecified atom stereocenters. The van der Waals surface area contributed by atoms with Gasteiger partial charge >= 0.3 is 0 Å². The minimum atomic E-state index is 0.0981. The Hall–Kier alpha value is -4.08. The second-order valence-corrected chi connectivity index (χ2v) is 8.57. The van der Waals surface area contributed by atoms with Crippen LogP contribution in [0.3, 0.4) is 0 Å². The summed E-state index contributed by atoms with van der Waals surface area (Å²) in [5.74, 6) is 0.823. The van der Waals surface area contributed by atoms with Crippen molar-refractivity contribution >= 4 is 28.9 Å². The third-order valence-electron chi connectivity index (χ3n) is 6.25. The number of hydrogen-bond acceptors (Lipinski definition) is 8. The molecule has 1 aliphatic carbocycles. The summed E-state index contributed by atoms with van der Waals surface area (Å²) in [5, 5.41) is 9.54. The predicted molar refractivity (Wildman–Crippen MR) is 130 cm³/mol. The Morgan fingerprint density at radius 1 is 1.00 bits per heavy atom. The molecule has 4 aromatic rings. The van der Waals surface area contributed by atoms with E-state index < -0.39 is 0 Å². The van der Waals surface area contributed by atoms with E-state index in [1.54, 1.807) is 19.4 Å². The van der Waals surface area contributed by atoms with Gasteiger partial charge in [0.25, 0.3) is 0 Å². The van der Waals surface area contributed by atoms with Crippen molar-refractivity contribution < 1.29 is 4.79 Å². The van der Waals surface area contributed by atoms with Crippen LogP contribution in [0.2, 0.25) is 0 Å². The maximum atomic E-state index is 11.9. The molecule has 0 spiro atoms. The maximum absolute atomic E-state index is 11.9. The molecule has 3 N–H and O–H groups in total. The van der Waals surface area contributed by atoms with E-state index in [1.165, 1.54) is 6.33 Å². The summed E-state index contributed by atoms with van der Waals surface area (Å²) < 4.78 is 2.01. The highest BCUT2D eigenvalue weighted by atomic mass is 16.1. The van der Waals surface area contributed by atoms with Gasteiger partial charge in [-0.3, -0.25) is 9.20 Å². The normalized spacial score (nSPS) is 17.9. The van der Waals surface area contributed by atoms with Gasteiger partial charge in [0.15, 0.2) is 0 Å². The van der Waals surface area contributed by atoms with Crippen molar-refractivity contribution in [3.8, 4) is 11.4 Å². The highest BCUT2D eigenvalue weighted by Crippen LogP contribution is 2.28. The van der Waals surface area contributed by atoms with Gasteiger partial charge in [0.2, 0.25) is 11.9 Å². The van der Waals surface area contributed by atoms with Crippen LogP contribution in [0, 0.1) is 12.8 Å². The number of fused-ring (bicyclic) bond motifs is 1. The van der Waals surface area contributed by atoms with Crippen LogP contribution in [-0.2, 0) is 4.79 Å². The van der Waals surface area contributed by atoms with E-state index in [4.69, 9.17) is 4.98 Å². The van der Waals surface area contributed by atoms with Crippen molar-refractivity contribution in [1.29, 1.82) is 0 Å². The van der Waals surface area contributed by atoms with E-state index in [-0.39, 0.29) is 17.9 Å². The van der Waals surface area contributed by atoms with Crippen molar-refractivity contribution in [3.05, 3.63) is 55.0 Å². The predicted octanol–water partition coefficient (Wildman–Crippen LogP) is 3.35. The first-order valence-corrected chi connectivity index (χ1v) is 11.4. The molecule has 1 saturated carbocycles. The monoisotopic (exact) mass is 457 g/mol. The second-order valence-electron chi connectivity index (χ2n) is 8.57. The number of aryl methyl sites for hydroxylation is 1. The fourth-order valence-corrected chi connectivity index (χ4v) is 4.42. The van der Waals surface area contributed by atoms with Gasteiger partial charge in [-0.15, -0.1) is 0 Å². The average Bonchev–Trinajstić information content (AvgIpc) is 3.29. The third kappa shape index (κ3) is 4.52. The van der Waals surface area contributed by atoms with Crippen molar-refractivity contribution in [1.82, 2.24) is 34.6 Å². The van der Waals surface area contributed by atoms with Crippen LogP contribution in [0.15, 0.2) is 49.4 Å². The molecular formula is C24H27N9O. The molecule has 10 heteroatoms. The zero-order chi connectivity index (χ0) is 23.5. The maximum Gasteiger partial charge on any atom is 0.223 e. The van der Waals surface area contributed by atoms with Crippen LogP contribution < -0.4 is 16.0 Å². The van der Waals surface area contributed by atoms with Crippen molar-refractivity contribution in [3.63, 3.8) is 0 Å². The van der Waals surface area contributed by atoms with E-state index >= 15 is 0 Å². The highest BCUT2D eigenvalue weighted by Gasteiger charge is 2.26. The van der Waals surface area contributed by atoms with E-state index in [2.05, 4.69) is 35.9 Å². The minimum absolute atomic E-state index is 0.0981. The summed E-state index contributed by atoms with van der Waals surface area (Å²) in [6.45, 7) is 2.00. The van der Waals surface area contributed by atoms with Gasteiger partial charge < -0.3 is 16.0 Å². The summed E-state index contributed by atoms with van der Waals surface area (Å²) in [4.78, 5) is 33.9. The lowest BCUT2D eigenvalue weighted by Crippen LogP contribution is -2.34. The number of carbonyl (C=O) groups is 1.